The van der Waals surface area contributed by atoms with Crippen molar-refractivity contribution in [2.24, 2.45) is 0 Å². The van der Waals surface area contributed by atoms with Crippen LogP contribution in [0.2, 0.25) is 0 Å². The van der Waals surface area contributed by atoms with Gasteiger partial charge in [0.25, 0.3) is 0 Å². The van der Waals surface area contributed by atoms with Crippen LogP contribution < -0.4 is 5.32 Å². The Morgan fingerprint density at radius 1 is 1.30 bits per heavy atom. The van der Waals surface area contributed by atoms with Gasteiger partial charge in [-0.1, -0.05) is 12.1 Å². The van der Waals surface area contributed by atoms with Crippen LogP contribution in [0.15, 0.2) is 18.2 Å². The van der Waals surface area contributed by atoms with E-state index in [0.717, 1.165) is 19.5 Å². The van der Waals surface area contributed by atoms with Gasteiger partial charge in [-0.05, 0) is 46.2 Å². The van der Waals surface area contributed by atoms with Gasteiger partial charge in [0.1, 0.15) is 0 Å². The Labute approximate surface area is 120 Å². The summed E-state index contributed by atoms with van der Waals surface area (Å²) in [7, 11) is 0. The number of rotatable bonds is 5. The van der Waals surface area contributed by atoms with Crippen LogP contribution in [0, 0.1) is 11.6 Å². The molecule has 1 aliphatic rings. The Bertz CT molecular complexity index is 442. The minimum absolute atomic E-state index is 0.131. The van der Waals surface area contributed by atoms with Crippen LogP contribution in [0.3, 0.4) is 0 Å². The third-order valence-electron chi connectivity index (χ3n) is 4.19. The number of hydrogen-bond acceptors (Lipinski definition) is 2. The number of nitrogens with one attached hydrogen (secondary N) is 1. The zero-order valence-corrected chi connectivity index (χ0v) is 12.5. The Hall–Kier alpha value is -1.00. The zero-order valence-electron chi connectivity index (χ0n) is 12.5. The molecule has 2 atom stereocenters. The molecule has 1 saturated heterocycles. The summed E-state index contributed by atoms with van der Waals surface area (Å²) in [4.78, 5) is 2.24. The highest BCUT2D eigenvalue weighted by Gasteiger charge is 2.26. The van der Waals surface area contributed by atoms with Gasteiger partial charge >= 0.3 is 0 Å². The highest BCUT2D eigenvalue weighted by Crippen LogP contribution is 2.27. The lowest BCUT2D eigenvalue weighted by Crippen LogP contribution is -2.42. The summed E-state index contributed by atoms with van der Waals surface area (Å²) in [5, 5.41) is 3.46. The first-order valence-electron chi connectivity index (χ1n) is 7.43. The average molecular weight is 282 g/mol. The van der Waals surface area contributed by atoms with Crippen molar-refractivity contribution in [2.45, 2.75) is 51.7 Å². The van der Waals surface area contributed by atoms with Crippen molar-refractivity contribution >= 4 is 0 Å². The second-order valence-corrected chi connectivity index (χ2v) is 5.90. The Kier molecular flexibility index (Phi) is 5.11. The maximum Gasteiger partial charge on any atom is 0.163 e. The molecule has 2 rings (SSSR count). The molecule has 4 heteroatoms. The molecule has 1 N–H and O–H groups in total. The monoisotopic (exact) mass is 282 g/mol. The fraction of sp³-hybridized carbons (Fsp3) is 0.625. The van der Waals surface area contributed by atoms with Crippen LogP contribution in [0.1, 0.15) is 45.2 Å². The molecule has 2 nitrogen and oxygen atoms in total. The normalized spacial score (nSPS) is 20.9. The molecule has 0 spiro atoms. The van der Waals surface area contributed by atoms with Gasteiger partial charge in [-0.15, -0.1) is 0 Å². The maximum absolute atomic E-state index is 14.0. The van der Waals surface area contributed by atoms with Crippen molar-refractivity contribution in [3.63, 3.8) is 0 Å². The molecule has 0 bridgehead atoms. The minimum atomic E-state index is -0.767. The molecule has 1 heterocycles. The molecule has 1 aromatic rings. The molecule has 0 aromatic heterocycles. The van der Waals surface area contributed by atoms with E-state index in [1.807, 2.05) is 6.92 Å². The van der Waals surface area contributed by atoms with Crippen LogP contribution in [-0.4, -0.2) is 30.1 Å². The van der Waals surface area contributed by atoms with E-state index in [2.05, 4.69) is 24.1 Å². The molecule has 1 fully saturated rings. The average Bonchev–Trinajstić information content (AvgIpc) is 2.91. The summed E-state index contributed by atoms with van der Waals surface area (Å²) < 4.78 is 27.4. The van der Waals surface area contributed by atoms with Crippen LogP contribution in [0.4, 0.5) is 8.78 Å². The molecule has 0 aliphatic carbocycles. The van der Waals surface area contributed by atoms with Gasteiger partial charge in [0, 0.05) is 30.2 Å². The second-order valence-electron chi connectivity index (χ2n) is 5.90. The standard InChI is InChI=1S/C16H24F2N2/c1-11(2)20(10-13-6-5-9-19-13)12(3)14-7-4-8-15(17)16(14)18/h4,7-8,11-13,19H,5-6,9-10H2,1-3H3. The van der Waals surface area contributed by atoms with E-state index in [4.69, 9.17) is 0 Å². The largest absolute Gasteiger partial charge is 0.313 e. The molecule has 20 heavy (non-hydrogen) atoms. The summed E-state index contributed by atoms with van der Waals surface area (Å²) in [6.07, 6.45) is 2.35. The van der Waals surface area contributed by atoms with Crippen molar-refractivity contribution in [3.8, 4) is 0 Å². The molecule has 0 saturated carbocycles. The summed E-state index contributed by atoms with van der Waals surface area (Å²) in [5.41, 5.74) is 0.441. The van der Waals surface area contributed by atoms with E-state index in [-0.39, 0.29) is 12.1 Å². The van der Waals surface area contributed by atoms with Gasteiger partial charge in [0.2, 0.25) is 0 Å². The van der Waals surface area contributed by atoms with E-state index in [1.54, 1.807) is 12.1 Å². The van der Waals surface area contributed by atoms with Crippen LogP contribution in [0.25, 0.3) is 0 Å². The van der Waals surface area contributed by atoms with Crippen molar-refractivity contribution in [1.29, 1.82) is 0 Å². The highest BCUT2D eigenvalue weighted by atomic mass is 19.2. The lowest BCUT2D eigenvalue weighted by atomic mass is 10.0. The van der Waals surface area contributed by atoms with Gasteiger partial charge in [-0.25, -0.2) is 8.78 Å². The molecule has 2 unspecified atom stereocenters. The fourth-order valence-corrected chi connectivity index (χ4v) is 3.00. The molecule has 1 aromatic carbocycles. The molecule has 112 valence electrons. The number of hydrogen-bond donors (Lipinski definition) is 1. The Balaban J connectivity index is 2.17. The van der Waals surface area contributed by atoms with Gasteiger partial charge in [0.15, 0.2) is 11.6 Å². The third kappa shape index (κ3) is 3.36. The summed E-state index contributed by atoms with van der Waals surface area (Å²) in [6, 6.07) is 5.04. The van der Waals surface area contributed by atoms with Crippen molar-refractivity contribution < 1.29 is 8.78 Å². The molecular weight excluding hydrogens is 258 g/mol. The molecule has 0 radical (unpaired) electrons. The number of benzene rings is 1. The molecule has 0 amide bonds. The van der Waals surface area contributed by atoms with Gasteiger partial charge < -0.3 is 5.32 Å². The number of halogens is 2. The lowest BCUT2D eigenvalue weighted by molar-refractivity contribution is 0.146. The van der Waals surface area contributed by atoms with Crippen molar-refractivity contribution in [1.82, 2.24) is 10.2 Å². The second kappa shape index (κ2) is 6.64. The third-order valence-corrected chi connectivity index (χ3v) is 4.19. The highest BCUT2D eigenvalue weighted by molar-refractivity contribution is 5.22. The Morgan fingerprint density at radius 2 is 2.05 bits per heavy atom. The molecular formula is C16H24F2N2. The molecule has 1 aliphatic heterocycles. The predicted molar refractivity (Wildman–Crippen MR) is 77.6 cm³/mol. The zero-order chi connectivity index (χ0) is 14.7. The lowest BCUT2D eigenvalue weighted by Gasteiger charge is -2.35. The van der Waals surface area contributed by atoms with Crippen molar-refractivity contribution in [3.05, 3.63) is 35.4 Å². The number of nitrogens with zero attached hydrogens (tertiary/aromatic N) is 1. The summed E-state index contributed by atoms with van der Waals surface area (Å²) in [6.45, 7) is 8.08. The van der Waals surface area contributed by atoms with Gasteiger partial charge in [-0.2, -0.15) is 0 Å². The van der Waals surface area contributed by atoms with E-state index in [1.165, 1.54) is 12.5 Å². The van der Waals surface area contributed by atoms with E-state index in [0.29, 0.717) is 11.6 Å². The van der Waals surface area contributed by atoms with Gasteiger partial charge in [0.05, 0.1) is 0 Å². The topological polar surface area (TPSA) is 15.3 Å². The summed E-state index contributed by atoms with van der Waals surface area (Å²) in [5.74, 6) is -1.48. The van der Waals surface area contributed by atoms with E-state index >= 15 is 0 Å². The first-order valence-corrected chi connectivity index (χ1v) is 7.43. The first kappa shape index (κ1) is 15.4. The minimum Gasteiger partial charge on any atom is -0.313 e. The maximum atomic E-state index is 14.0. The Morgan fingerprint density at radius 3 is 2.65 bits per heavy atom. The van der Waals surface area contributed by atoms with Gasteiger partial charge in [-0.3, -0.25) is 4.90 Å². The van der Waals surface area contributed by atoms with Crippen LogP contribution >= 0.6 is 0 Å². The van der Waals surface area contributed by atoms with Crippen LogP contribution in [0.5, 0.6) is 0 Å². The van der Waals surface area contributed by atoms with E-state index in [9.17, 15) is 8.78 Å². The smallest absolute Gasteiger partial charge is 0.163 e. The SMILES string of the molecule is CC(C)N(CC1CCCN1)C(C)c1cccc(F)c1F. The van der Waals surface area contributed by atoms with Crippen LogP contribution in [-0.2, 0) is 0 Å². The van der Waals surface area contributed by atoms with Crippen molar-refractivity contribution in [2.75, 3.05) is 13.1 Å². The summed E-state index contributed by atoms with van der Waals surface area (Å²) >= 11 is 0. The first-order chi connectivity index (χ1) is 9.50. The quantitative estimate of drug-likeness (QED) is 0.889. The van der Waals surface area contributed by atoms with E-state index < -0.39 is 11.6 Å². The fourth-order valence-electron chi connectivity index (χ4n) is 3.00. The predicted octanol–water partition coefficient (Wildman–Crippen LogP) is 3.49.